The first kappa shape index (κ1) is 24.8. The van der Waals surface area contributed by atoms with Crippen LogP contribution < -0.4 is 4.90 Å². The fraction of sp³-hybridized carbons (Fsp3) is 0.375. The summed E-state index contributed by atoms with van der Waals surface area (Å²) in [6, 6.07) is 9.42. The topological polar surface area (TPSA) is 115 Å². The number of hydrogen-bond acceptors (Lipinski definition) is 8. The normalized spacial score (nSPS) is 18.5. The number of anilines is 1. The maximum absolute atomic E-state index is 13.2. The minimum Gasteiger partial charge on any atom is -0.464 e. The third-order valence-electron chi connectivity index (χ3n) is 5.95. The fourth-order valence-corrected chi connectivity index (χ4v) is 4.29. The van der Waals surface area contributed by atoms with Gasteiger partial charge in [0.05, 0.1) is 36.1 Å². The zero-order valence-corrected chi connectivity index (χ0v) is 19.9. The van der Waals surface area contributed by atoms with Crippen LogP contribution in [0.15, 0.2) is 47.5 Å². The van der Waals surface area contributed by atoms with Crippen molar-refractivity contribution in [2.75, 3.05) is 51.4 Å². The molecular formula is C24H25ClN4O6. The van der Waals surface area contributed by atoms with Crippen LogP contribution in [0.25, 0.3) is 0 Å². The van der Waals surface area contributed by atoms with Gasteiger partial charge < -0.3 is 14.4 Å². The molecule has 0 N–H and O–H groups in total. The van der Waals surface area contributed by atoms with E-state index in [1.165, 1.54) is 30.1 Å². The van der Waals surface area contributed by atoms with E-state index < -0.39 is 22.8 Å². The number of carbonyl (C=O) groups is 2. The molecule has 2 aliphatic rings. The number of carbonyl (C=O) groups excluding carboxylic acids is 2. The molecule has 1 atom stereocenters. The van der Waals surface area contributed by atoms with E-state index in [0.29, 0.717) is 41.5 Å². The first-order valence-corrected chi connectivity index (χ1v) is 11.6. The Morgan fingerprint density at radius 3 is 2.69 bits per heavy atom. The number of esters is 1. The summed E-state index contributed by atoms with van der Waals surface area (Å²) in [5, 5.41) is 11.8. The molecule has 2 aliphatic heterocycles. The van der Waals surface area contributed by atoms with Crippen LogP contribution in [0.3, 0.4) is 0 Å². The van der Waals surface area contributed by atoms with E-state index in [-0.39, 0.29) is 18.0 Å². The van der Waals surface area contributed by atoms with Gasteiger partial charge in [0.1, 0.15) is 0 Å². The number of amides is 1. The van der Waals surface area contributed by atoms with Gasteiger partial charge in [0.15, 0.2) is 0 Å². The summed E-state index contributed by atoms with van der Waals surface area (Å²) < 4.78 is 10.8. The molecule has 2 heterocycles. The number of rotatable bonds is 7. The quantitative estimate of drug-likeness (QED) is 0.189. The van der Waals surface area contributed by atoms with Crippen molar-refractivity contribution in [3.63, 3.8) is 0 Å². The molecule has 1 amide bonds. The number of nitro benzene ring substituents is 1. The second kappa shape index (κ2) is 10.9. The molecule has 1 saturated heterocycles. The maximum atomic E-state index is 13.2. The monoisotopic (exact) mass is 500 g/mol. The molecule has 4 rings (SSSR count). The number of fused-ring (bicyclic) bond motifs is 1. The van der Waals surface area contributed by atoms with Gasteiger partial charge in [0.25, 0.3) is 11.6 Å². The van der Waals surface area contributed by atoms with Gasteiger partial charge in [0, 0.05) is 55.0 Å². The molecule has 2 aromatic carbocycles. The van der Waals surface area contributed by atoms with Crippen LogP contribution in [-0.4, -0.2) is 80.0 Å². The summed E-state index contributed by atoms with van der Waals surface area (Å²) in [4.78, 5) is 45.1. The maximum Gasteiger partial charge on any atom is 0.340 e. The first-order chi connectivity index (χ1) is 16.9. The standard InChI is InChI=1S/C24H25ClN4O6/c1-27-20-8-7-16(29(32)33)15-18(20)21(17-5-2-3-6-19(17)25)26-22(23(27)30)24(31)35-12-4-9-28-10-13-34-14-11-28/h2-3,5-8,15,22H,4,9-14H2,1H3. The van der Waals surface area contributed by atoms with Crippen LogP contribution in [0.1, 0.15) is 17.5 Å². The lowest BCUT2D eigenvalue weighted by Gasteiger charge is -2.26. The number of aliphatic imine (C=N–C) groups is 1. The molecule has 184 valence electrons. The van der Waals surface area contributed by atoms with Crippen molar-refractivity contribution in [1.29, 1.82) is 0 Å². The zero-order chi connectivity index (χ0) is 24.9. The molecule has 1 fully saturated rings. The summed E-state index contributed by atoms with van der Waals surface area (Å²) in [6.45, 7) is 3.91. The number of ether oxygens (including phenoxy) is 2. The van der Waals surface area contributed by atoms with E-state index in [2.05, 4.69) is 9.89 Å². The van der Waals surface area contributed by atoms with Crippen molar-refractivity contribution in [2.24, 2.45) is 4.99 Å². The second-order valence-electron chi connectivity index (χ2n) is 8.19. The van der Waals surface area contributed by atoms with Gasteiger partial charge in [-0.2, -0.15) is 0 Å². The molecule has 2 aromatic rings. The molecule has 0 aliphatic carbocycles. The van der Waals surface area contributed by atoms with E-state index in [1.807, 2.05) is 0 Å². The summed E-state index contributed by atoms with van der Waals surface area (Å²) in [7, 11) is 1.50. The fourth-order valence-electron chi connectivity index (χ4n) is 4.06. The van der Waals surface area contributed by atoms with Crippen LogP contribution in [0.5, 0.6) is 0 Å². The molecule has 0 aromatic heterocycles. The van der Waals surface area contributed by atoms with E-state index >= 15 is 0 Å². The minimum atomic E-state index is -1.47. The Morgan fingerprint density at radius 1 is 1.23 bits per heavy atom. The van der Waals surface area contributed by atoms with E-state index in [1.54, 1.807) is 24.3 Å². The van der Waals surface area contributed by atoms with Gasteiger partial charge in [-0.15, -0.1) is 0 Å². The molecule has 0 bridgehead atoms. The molecule has 0 spiro atoms. The highest BCUT2D eigenvalue weighted by atomic mass is 35.5. The van der Waals surface area contributed by atoms with E-state index in [9.17, 15) is 19.7 Å². The molecule has 1 unspecified atom stereocenters. The van der Waals surface area contributed by atoms with Crippen LogP contribution in [0.2, 0.25) is 5.02 Å². The number of benzene rings is 2. The third kappa shape index (κ3) is 5.50. The zero-order valence-electron chi connectivity index (χ0n) is 19.2. The Balaban J connectivity index is 1.63. The lowest BCUT2D eigenvalue weighted by atomic mass is 9.99. The number of halogens is 1. The second-order valence-corrected chi connectivity index (χ2v) is 8.60. The molecule has 35 heavy (non-hydrogen) atoms. The van der Waals surface area contributed by atoms with Crippen molar-refractivity contribution < 1.29 is 24.0 Å². The number of likely N-dealkylation sites (N-methyl/N-ethyl adjacent to an activating group) is 1. The predicted octanol–water partition coefficient (Wildman–Crippen LogP) is 2.70. The number of non-ortho nitro benzene ring substituents is 1. The number of nitro groups is 1. The number of nitrogens with zero attached hydrogens (tertiary/aromatic N) is 4. The molecule has 11 heteroatoms. The van der Waals surface area contributed by atoms with Gasteiger partial charge in [-0.3, -0.25) is 24.8 Å². The van der Waals surface area contributed by atoms with Gasteiger partial charge in [-0.1, -0.05) is 29.8 Å². The van der Waals surface area contributed by atoms with E-state index in [4.69, 9.17) is 21.1 Å². The summed E-state index contributed by atoms with van der Waals surface area (Å²) in [5.74, 6) is -1.38. The SMILES string of the molecule is CN1C(=O)C(C(=O)OCCCN2CCOCC2)N=C(c2ccccc2Cl)c2cc([N+](=O)[O-])ccc21. The van der Waals surface area contributed by atoms with Gasteiger partial charge in [-0.25, -0.2) is 4.79 Å². The third-order valence-corrected chi connectivity index (χ3v) is 6.28. The van der Waals surface area contributed by atoms with Crippen LogP contribution >= 0.6 is 11.6 Å². The first-order valence-electron chi connectivity index (χ1n) is 11.2. The van der Waals surface area contributed by atoms with Gasteiger partial charge >= 0.3 is 5.97 Å². The molecular weight excluding hydrogens is 476 g/mol. The van der Waals surface area contributed by atoms with Crippen molar-refractivity contribution in [2.45, 2.75) is 12.5 Å². The van der Waals surface area contributed by atoms with Crippen molar-refractivity contribution in [3.05, 3.63) is 68.7 Å². The number of benzodiazepines with no additional fused rings is 1. The molecule has 10 nitrogen and oxygen atoms in total. The highest BCUT2D eigenvalue weighted by Crippen LogP contribution is 2.33. The summed E-state index contributed by atoms with van der Waals surface area (Å²) >= 11 is 6.41. The van der Waals surface area contributed by atoms with Gasteiger partial charge in [0.2, 0.25) is 6.04 Å². The average Bonchev–Trinajstić information content (AvgIpc) is 2.97. The largest absolute Gasteiger partial charge is 0.464 e. The Bertz CT molecular complexity index is 1160. The smallest absolute Gasteiger partial charge is 0.340 e. The predicted molar refractivity (Wildman–Crippen MR) is 130 cm³/mol. The average molecular weight is 501 g/mol. The van der Waals surface area contributed by atoms with Crippen LogP contribution in [-0.2, 0) is 19.1 Å². The summed E-state index contributed by atoms with van der Waals surface area (Å²) in [5.41, 5.74) is 1.19. The lowest BCUT2D eigenvalue weighted by Crippen LogP contribution is -2.41. The van der Waals surface area contributed by atoms with Crippen LogP contribution in [0.4, 0.5) is 11.4 Å². The van der Waals surface area contributed by atoms with Crippen LogP contribution in [0, 0.1) is 10.1 Å². The molecule has 0 saturated carbocycles. The Kier molecular flexibility index (Phi) is 7.74. The van der Waals surface area contributed by atoms with Gasteiger partial charge in [-0.05, 0) is 18.6 Å². The van der Waals surface area contributed by atoms with Crippen molar-refractivity contribution in [3.8, 4) is 0 Å². The van der Waals surface area contributed by atoms with Crippen molar-refractivity contribution in [1.82, 2.24) is 4.90 Å². The van der Waals surface area contributed by atoms with E-state index in [0.717, 1.165) is 19.6 Å². The lowest BCUT2D eigenvalue weighted by molar-refractivity contribution is -0.384. The minimum absolute atomic E-state index is 0.138. The Labute approximate surface area is 207 Å². The Hall–Kier alpha value is -3.34. The number of morpholine rings is 1. The highest BCUT2D eigenvalue weighted by Gasteiger charge is 2.37. The Morgan fingerprint density at radius 2 is 1.97 bits per heavy atom. The van der Waals surface area contributed by atoms with Crippen molar-refractivity contribution >= 4 is 40.6 Å². The number of hydrogen-bond donors (Lipinski definition) is 0. The molecule has 0 radical (unpaired) electrons. The highest BCUT2D eigenvalue weighted by molar-refractivity contribution is 6.36. The summed E-state index contributed by atoms with van der Waals surface area (Å²) in [6.07, 6.45) is 0.607.